The van der Waals surface area contributed by atoms with Crippen LogP contribution >= 0.6 is 11.3 Å². The molecule has 0 atom stereocenters. The molecule has 1 fully saturated rings. The summed E-state index contributed by atoms with van der Waals surface area (Å²) in [7, 11) is 1.61. The van der Waals surface area contributed by atoms with E-state index in [-0.39, 0.29) is 12.8 Å². The van der Waals surface area contributed by atoms with Crippen molar-refractivity contribution in [2.75, 3.05) is 20.2 Å². The fraction of sp³-hybridized carbons (Fsp3) is 0.444. The first-order valence-electron chi connectivity index (χ1n) is 8.28. The second-order valence-corrected chi connectivity index (χ2v) is 7.24. The van der Waals surface area contributed by atoms with E-state index < -0.39 is 17.8 Å². The van der Waals surface area contributed by atoms with E-state index in [1.54, 1.807) is 7.11 Å². The van der Waals surface area contributed by atoms with Crippen LogP contribution in [0, 0.1) is 5.41 Å². The highest BCUT2D eigenvalue weighted by Gasteiger charge is 2.49. The van der Waals surface area contributed by atoms with Crippen LogP contribution in [-0.2, 0) is 11.3 Å². The lowest BCUT2D eigenvalue weighted by Gasteiger charge is -2.37. The largest absolute Gasteiger partial charge is 0.496 e. The number of aromatic nitrogens is 1. The second kappa shape index (κ2) is 7.67. The van der Waals surface area contributed by atoms with Crippen molar-refractivity contribution in [3.63, 3.8) is 0 Å². The number of benzene rings is 1. The SMILES string of the molecule is COc1ccccc1-c1nc(CN2CCC(C(=O)O)(C(F)F)CC2)cs1. The fourth-order valence-electron chi connectivity index (χ4n) is 3.19. The number of ether oxygens (including phenoxy) is 1. The first-order valence-corrected chi connectivity index (χ1v) is 9.16. The minimum Gasteiger partial charge on any atom is -0.496 e. The molecule has 0 aliphatic carbocycles. The highest BCUT2D eigenvalue weighted by molar-refractivity contribution is 7.13. The van der Waals surface area contributed by atoms with E-state index in [0.29, 0.717) is 19.6 Å². The average Bonchev–Trinajstić information content (AvgIpc) is 3.10. The summed E-state index contributed by atoms with van der Waals surface area (Å²) in [5, 5.41) is 12.0. The van der Waals surface area contributed by atoms with Crippen LogP contribution in [0.5, 0.6) is 5.75 Å². The number of hydrogen-bond donors (Lipinski definition) is 1. The van der Waals surface area contributed by atoms with Crippen LogP contribution in [0.2, 0.25) is 0 Å². The molecular weight excluding hydrogens is 362 g/mol. The van der Waals surface area contributed by atoms with Gasteiger partial charge in [-0.3, -0.25) is 9.69 Å². The second-order valence-electron chi connectivity index (χ2n) is 6.38. The number of carboxylic acids is 1. The topological polar surface area (TPSA) is 62.7 Å². The predicted molar refractivity (Wildman–Crippen MR) is 94.7 cm³/mol. The number of hydrogen-bond acceptors (Lipinski definition) is 5. The average molecular weight is 382 g/mol. The highest BCUT2D eigenvalue weighted by Crippen LogP contribution is 2.38. The van der Waals surface area contributed by atoms with Gasteiger partial charge in [-0.2, -0.15) is 0 Å². The summed E-state index contributed by atoms with van der Waals surface area (Å²) in [5.41, 5.74) is -0.163. The summed E-state index contributed by atoms with van der Waals surface area (Å²) in [6, 6.07) is 7.62. The molecule has 26 heavy (non-hydrogen) atoms. The molecule has 0 radical (unpaired) electrons. The number of carboxylic acid groups (broad SMARTS) is 1. The molecule has 3 rings (SSSR count). The number of halogens is 2. The summed E-state index contributed by atoms with van der Waals surface area (Å²) in [6.45, 7) is 1.15. The van der Waals surface area contributed by atoms with Crippen LogP contribution in [0.1, 0.15) is 18.5 Å². The van der Waals surface area contributed by atoms with Crippen molar-refractivity contribution >= 4 is 17.3 Å². The van der Waals surface area contributed by atoms with E-state index >= 15 is 0 Å². The van der Waals surface area contributed by atoms with E-state index in [2.05, 4.69) is 4.98 Å². The first kappa shape index (κ1) is 18.7. The van der Waals surface area contributed by atoms with Crippen LogP contribution in [0.25, 0.3) is 10.6 Å². The maximum absolute atomic E-state index is 13.2. The summed E-state index contributed by atoms with van der Waals surface area (Å²) in [4.78, 5) is 17.9. The zero-order valence-corrected chi connectivity index (χ0v) is 15.1. The molecule has 0 amide bonds. The molecule has 2 aromatic rings. The quantitative estimate of drug-likeness (QED) is 0.824. The van der Waals surface area contributed by atoms with Crippen LogP contribution in [0.3, 0.4) is 0 Å². The summed E-state index contributed by atoms with van der Waals surface area (Å²) >= 11 is 1.50. The molecular formula is C18H20F2N2O3S. The van der Waals surface area contributed by atoms with Gasteiger partial charge in [0.15, 0.2) is 0 Å². The molecule has 1 saturated heterocycles. The first-order chi connectivity index (χ1) is 12.5. The highest BCUT2D eigenvalue weighted by atomic mass is 32.1. The number of aliphatic carboxylic acids is 1. The van der Waals surface area contributed by atoms with Crippen molar-refractivity contribution in [3.05, 3.63) is 35.3 Å². The molecule has 0 saturated carbocycles. The van der Waals surface area contributed by atoms with Crippen LogP contribution in [-0.4, -0.2) is 47.6 Å². The molecule has 1 aromatic carbocycles. The van der Waals surface area contributed by atoms with Gasteiger partial charge in [-0.15, -0.1) is 11.3 Å². The smallest absolute Gasteiger partial charge is 0.315 e. The Hall–Kier alpha value is -2.06. The Morgan fingerprint density at radius 1 is 1.38 bits per heavy atom. The van der Waals surface area contributed by atoms with E-state index in [4.69, 9.17) is 4.74 Å². The monoisotopic (exact) mass is 382 g/mol. The molecule has 0 spiro atoms. The standard InChI is InChI=1S/C18H20F2N2O3S/c1-25-14-5-3-2-4-13(14)15-21-12(11-26-15)10-22-8-6-18(7-9-22,16(19)20)17(23)24/h2-5,11,16H,6-10H2,1H3,(H,23,24). The lowest BCUT2D eigenvalue weighted by molar-refractivity contribution is -0.165. The Morgan fingerprint density at radius 2 is 2.08 bits per heavy atom. The van der Waals surface area contributed by atoms with Crippen molar-refractivity contribution in [1.29, 1.82) is 0 Å². The number of carbonyl (C=O) groups is 1. The number of likely N-dealkylation sites (tertiary alicyclic amines) is 1. The Labute approximate surface area is 154 Å². The Bertz CT molecular complexity index is 773. The van der Waals surface area contributed by atoms with E-state index in [1.165, 1.54) is 11.3 Å². The normalized spacial score (nSPS) is 17.4. The molecule has 1 aromatic heterocycles. The molecule has 5 nitrogen and oxygen atoms in total. The third kappa shape index (κ3) is 3.57. The van der Waals surface area contributed by atoms with Gasteiger partial charge in [-0.25, -0.2) is 13.8 Å². The number of nitrogens with zero attached hydrogens (tertiary/aromatic N) is 2. The Morgan fingerprint density at radius 3 is 2.69 bits per heavy atom. The zero-order valence-electron chi connectivity index (χ0n) is 14.3. The molecule has 0 unspecified atom stereocenters. The number of para-hydroxylation sites is 1. The van der Waals surface area contributed by atoms with Gasteiger partial charge in [-0.1, -0.05) is 12.1 Å². The summed E-state index contributed by atoms with van der Waals surface area (Å²) in [6.07, 6.45) is -2.95. The number of thiazole rings is 1. The van der Waals surface area contributed by atoms with Crippen molar-refractivity contribution in [3.8, 4) is 16.3 Å². The maximum atomic E-state index is 13.2. The molecule has 0 bridgehead atoms. The number of methoxy groups -OCH3 is 1. The van der Waals surface area contributed by atoms with Crippen LogP contribution in [0.4, 0.5) is 8.78 Å². The van der Waals surface area contributed by atoms with Crippen molar-refractivity contribution in [2.45, 2.75) is 25.8 Å². The molecule has 1 aliphatic heterocycles. The minimum atomic E-state index is -2.85. The van der Waals surface area contributed by atoms with Gasteiger partial charge >= 0.3 is 5.97 Å². The summed E-state index contributed by atoms with van der Waals surface area (Å²) < 4.78 is 31.8. The van der Waals surface area contributed by atoms with Crippen LogP contribution < -0.4 is 4.74 Å². The molecule has 1 N–H and O–H groups in total. The van der Waals surface area contributed by atoms with Gasteiger partial charge in [0.2, 0.25) is 0 Å². The number of piperidine rings is 1. The molecule has 2 heterocycles. The van der Waals surface area contributed by atoms with Gasteiger partial charge in [0.05, 0.1) is 18.4 Å². The Kier molecular flexibility index (Phi) is 5.52. The van der Waals surface area contributed by atoms with Gasteiger partial charge in [-0.05, 0) is 38.1 Å². The van der Waals surface area contributed by atoms with E-state index in [9.17, 15) is 18.7 Å². The van der Waals surface area contributed by atoms with Crippen molar-refractivity contribution in [1.82, 2.24) is 9.88 Å². The van der Waals surface area contributed by atoms with Gasteiger partial charge in [0.1, 0.15) is 16.2 Å². The lowest BCUT2D eigenvalue weighted by Crippen LogP contribution is -2.48. The van der Waals surface area contributed by atoms with Crippen LogP contribution in [0.15, 0.2) is 29.6 Å². The van der Waals surface area contributed by atoms with Gasteiger partial charge < -0.3 is 9.84 Å². The van der Waals surface area contributed by atoms with Crippen molar-refractivity contribution in [2.24, 2.45) is 5.41 Å². The Balaban J connectivity index is 1.67. The van der Waals surface area contributed by atoms with E-state index in [1.807, 2.05) is 34.5 Å². The molecule has 140 valence electrons. The van der Waals surface area contributed by atoms with Gasteiger partial charge in [0.25, 0.3) is 6.43 Å². The number of rotatable bonds is 6. The predicted octanol–water partition coefficient (Wildman–Crippen LogP) is 3.75. The lowest BCUT2D eigenvalue weighted by atomic mass is 9.78. The number of alkyl halides is 2. The van der Waals surface area contributed by atoms with Gasteiger partial charge in [0, 0.05) is 11.9 Å². The van der Waals surface area contributed by atoms with Crippen molar-refractivity contribution < 1.29 is 23.4 Å². The molecule has 8 heteroatoms. The maximum Gasteiger partial charge on any atom is 0.315 e. The van der Waals surface area contributed by atoms with E-state index in [0.717, 1.165) is 22.0 Å². The molecule has 1 aliphatic rings. The summed E-state index contributed by atoms with van der Waals surface area (Å²) in [5.74, 6) is -0.659. The third-order valence-corrected chi connectivity index (χ3v) is 5.79. The zero-order chi connectivity index (χ0) is 18.7. The fourth-order valence-corrected chi connectivity index (χ4v) is 4.03. The minimum absolute atomic E-state index is 0.0521. The third-order valence-electron chi connectivity index (χ3n) is 4.87.